The van der Waals surface area contributed by atoms with E-state index in [2.05, 4.69) is 19.9 Å². The van der Waals surface area contributed by atoms with E-state index in [0.29, 0.717) is 13.1 Å². The van der Waals surface area contributed by atoms with Gasteiger partial charge in [0.2, 0.25) is 0 Å². The highest BCUT2D eigenvalue weighted by molar-refractivity contribution is 7.96. The Bertz CT molecular complexity index is 1090. The molecule has 1 saturated heterocycles. The van der Waals surface area contributed by atoms with Crippen molar-refractivity contribution in [3.8, 4) is 0 Å². The fourth-order valence-corrected chi connectivity index (χ4v) is 7.46. The van der Waals surface area contributed by atoms with E-state index in [1.54, 1.807) is 12.3 Å². The summed E-state index contributed by atoms with van der Waals surface area (Å²) >= 11 is 7.81. The first kappa shape index (κ1) is 27.8. The summed E-state index contributed by atoms with van der Waals surface area (Å²) in [5, 5.41) is 5.15. The molecule has 4 rings (SSSR count). The minimum Gasteiger partial charge on any atom is -0.304 e. The number of hydrogen-bond donors (Lipinski definition) is 2. The molecule has 7 nitrogen and oxygen atoms in total. The van der Waals surface area contributed by atoms with E-state index in [4.69, 9.17) is 11.6 Å². The lowest BCUT2D eigenvalue weighted by molar-refractivity contribution is -0.161. The number of allylic oxidation sites excluding steroid dienone is 1. The summed E-state index contributed by atoms with van der Waals surface area (Å²) in [5.41, 5.74) is 0. The Balaban J connectivity index is 1.43. The van der Waals surface area contributed by atoms with Crippen LogP contribution in [0.5, 0.6) is 0 Å². The predicted molar refractivity (Wildman–Crippen MR) is 133 cm³/mol. The molecule has 0 amide bonds. The third-order valence-electron chi connectivity index (χ3n) is 7.08. The van der Waals surface area contributed by atoms with Crippen LogP contribution in [0.2, 0.25) is 0 Å². The van der Waals surface area contributed by atoms with E-state index < -0.39 is 44.4 Å². The van der Waals surface area contributed by atoms with Crippen molar-refractivity contribution >= 4 is 38.1 Å². The maximum absolute atomic E-state index is 15.1. The number of nitrogens with one attached hydrogen (secondary N) is 2. The van der Waals surface area contributed by atoms with Crippen LogP contribution in [0.4, 0.5) is 22.7 Å². The topological polar surface area (TPSA) is 77.6 Å². The van der Waals surface area contributed by atoms with Gasteiger partial charge in [-0.15, -0.1) is 22.9 Å². The van der Waals surface area contributed by atoms with Crippen LogP contribution >= 0.6 is 22.9 Å². The zero-order chi connectivity index (χ0) is 26.3. The molecule has 3 aliphatic rings. The van der Waals surface area contributed by atoms with Crippen LogP contribution in [0, 0.1) is 0 Å². The molecule has 2 heterocycles. The van der Waals surface area contributed by atoms with Crippen molar-refractivity contribution in [3.63, 3.8) is 0 Å². The van der Waals surface area contributed by atoms with E-state index >= 15 is 4.39 Å². The summed E-state index contributed by atoms with van der Waals surface area (Å²) in [6.45, 7) is 1.41. The second-order valence-electron chi connectivity index (χ2n) is 9.85. The van der Waals surface area contributed by atoms with Crippen LogP contribution < -0.4 is 10.0 Å². The molecule has 0 aromatic carbocycles. The Morgan fingerprint density at radius 3 is 2.64 bits per heavy atom. The summed E-state index contributed by atoms with van der Waals surface area (Å²) in [6, 6.07) is -0.705. The van der Waals surface area contributed by atoms with Gasteiger partial charge in [0.1, 0.15) is 10.7 Å². The van der Waals surface area contributed by atoms with Gasteiger partial charge in [0.25, 0.3) is 10.0 Å². The highest BCUT2D eigenvalue weighted by Gasteiger charge is 2.44. The monoisotopic (exact) mass is 571 g/mol. The van der Waals surface area contributed by atoms with E-state index in [0.717, 1.165) is 37.0 Å². The zero-order valence-corrected chi connectivity index (χ0v) is 22.3. The molecule has 4 atom stereocenters. The van der Waals surface area contributed by atoms with Crippen molar-refractivity contribution in [2.24, 2.45) is 0 Å². The number of halogens is 5. The van der Waals surface area contributed by atoms with Crippen LogP contribution in [0.25, 0.3) is 0 Å². The predicted octanol–water partition coefficient (Wildman–Crippen LogP) is 4.08. The molecule has 0 spiro atoms. The molecule has 3 unspecified atom stereocenters. The average Bonchev–Trinajstić information content (AvgIpc) is 3.24. The molecule has 1 aromatic rings. The van der Waals surface area contributed by atoms with Crippen molar-refractivity contribution in [1.29, 1.82) is 0 Å². The van der Waals surface area contributed by atoms with Gasteiger partial charge in [0.05, 0.1) is 17.5 Å². The number of rotatable bonds is 8. The lowest BCUT2D eigenvalue weighted by Gasteiger charge is -2.50. The minimum absolute atomic E-state index is 0.00865. The first-order valence-electron chi connectivity index (χ1n) is 11.7. The molecular weight excluding hydrogens is 542 g/mol. The third kappa shape index (κ3) is 6.41. The number of anilines is 1. The number of alkyl halides is 4. The SMILES string of the molecule is CN(C1CN(CC(F)(F)F)C1)[C@H]1CCCCC1NC1C=C(F)C(S(=O)(=O)Nc2nccs2)=CC1(C)Cl. The summed E-state index contributed by atoms with van der Waals surface area (Å²) < 4.78 is 80.9. The van der Waals surface area contributed by atoms with Gasteiger partial charge in [0.15, 0.2) is 5.13 Å². The Labute approximate surface area is 217 Å². The van der Waals surface area contributed by atoms with Gasteiger partial charge in [-0.25, -0.2) is 17.8 Å². The van der Waals surface area contributed by atoms with Crippen LogP contribution in [-0.4, -0.2) is 85.1 Å². The summed E-state index contributed by atoms with van der Waals surface area (Å²) in [7, 11) is -2.30. The van der Waals surface area contributed by atoms with E-state index in [1.165, 1.54) is 23.2 Å². The molecule has 1 saturated carbocycles. The zero-order valence-electron chi connectivity index (χ0n) is 19.9. The van der Waals surface area contributed by atoms with E-state index in [-0.39, 0.29) is 23.3 Å². The van der Waals surface area contributed by atoms with Crippen molar-refractivity contribution in [3.05, 3.63) is 34.5 Å². The van der Waals surface area contributed by atoms with Crippen LogP contribution in [0.1, 0.15) is 32.6 Å². The van der Waals surface area contributed by atoms with Crippen molar-refractivity contribution in [2.45, 2.75) is 67.8 Å². The first-order chi connectivity index (χ1) is 16.7. The molecule has 0 bridgehead atoms. The van der Waals surface area contributed by atoms with Gasteiger partial charge >= 0.3 is 6.18 Å². The van der Waals surface area contributed by atoms with Crippen molar-refractivity contribution < 1.29 is 26.0 Å². The normalized spacial score (nSPS) is 30.6. The number of thiazole rings is 1. The van der Waals surface area contributed by atoms with Gasteiger partial charge in [-0.05, 0) is 39.0 Å². The second-order valence-corrected chi connectivity index (χ2v) is 13.2. The Hall–Kier alpha value is -1.25. The summed E-state index contributed by atoms with van der Waals surface area (Å²) in [5.74, 6) is -0.905. The van der Waals surface area contributed by atoms with Crippen LogP contribution in [0.3, 0.4) is 0 Å². The fourth-order valence-electron chi connectivity index (χ4n) is 5.14. The molecule has 14 heteroatoms. The second kappa shape index (κ2) is 10.5. The van der Waals surface area contributed by atoms with Gasteiger partial charge in [0, 0.05) is 42.8 Å². The fraction of sp³-hybridized carbons (Fsp3) is 0.682. The van der Waals surface area contributed by atoms with E-state index in [1.807, 2.05) is 7.05 Å². The number of nitrogens with zero attached hydrogens (tertiary/aromatic N) is 3. The minimum atomic E-state index is -4.22. The highest BCUT2D eigenvalue weighted by atomic mass is 35.5. The largest absolute Gasteiger partial charge is 0.401 e. The quantitative estimate of drug-likeness (QED) is 0.362. The van der Waals surface area contributed by atoms with Crippen LogP contribution in [-0.2, 0) is 10.0 Å². The molecule has 2 fully saturated rings. The smallest absolute Gasteiger partial charge is 0.304 e. The van der Waals surface area contributed by atoms with Crippen molar-refractivity contribution in [2.75, 3.05) is 31.4 Å². The molecule has 2 aliphatic carbocycles. The molecule has 0 radical (unpaired) electrons. The van der Waals surface area contributed by atoms with Gasteiger partial charge in [-0.2, -0.15) is 13.2 Å². The number of likely N-dealkylation sites (N-methyl/N-ethyl adjacent to an activating group) is 1. The summed E-state index contributed by atoms with van der Waals surface area (Å²) in [6.07, 6.45) is 3.23. The lowest BCUT2D eigenvalue weighted by Crippen LogP contribution is -2.66. The molecular formula is C22H30ClF4N5O2S2. The van der Waals surface area contributed by atoms with Gasteiger partial charge in [-0.1, -0.05) is 12.8 Å². The maximum atomic E-state index is 15.1. The van der Waals surface area contributed by atoms with E-state index in [9.17, 15) is 21.6 Å². The average molecular weight is 572 g/mol. The number of sulfonamides is 1. The van der Waals surface area contributed by atoms with Gasteiger partial charge in [-0.3, -0.25) is 14.5 Å². The molecule has 1 aliphatic heterocycles. The van der Waals surface area contributed by atoms with Crippen LogP contribution in [0.15, 0.2) is 34.5 Å². The Morgan fingerprint density at radius 2 is 2.00 bits per heavy atom. The van der Waals surface area contributed by atoms with Gasteiger partial charge < -0.3 is 5.32 Å². The third-order valence-corrected chi connectivity index (χ3v) is 9.59. The molecule has 36 heavy (non-hydrogen) atoms. The number of likely N-dealkylation sites (tertiary alicyclic amines) is 1. The maximum Gasteiger partial charge on any atom is 0.401 e. The first-order valence-corrected chi connectivity index (χ1v) is 14.5. The number of hydrogen-bond acceptors (Lipinski definition) is 7. The Kier molecular flexibility index (Phi) is 8.09. The Morgan fingerprint density at radius 1 is 1.31 bits per heavy atom. The highest BCUT2D eigenvalue weighted by Crippen LogP contribution is 2.37. The van der Waals surface area contributed by atoms with Crippen molar-refractivity contribution in [1.82, 2.24) is 20.1 Å². The standard InChI is InChI=1S/C22H30ClF4N5O2S2/c1-21(23)10-18(36(33,34)30-20-28-7-8-35-20)15(24)9-19(21)29-16-5-3-4-6-17(16)31(2)14-11-32(12-14)13-22(25,26)27/h7-10,14,16-17,19,29H,3-6,11-13H2,1-2H3,(H,28,30)/t16?,17-,19?,21?/m0/s1. The molecule has 1 aromatic heterocycles. The molecule has 2 N–H and O–H groups in total. The lowest BCUT2D eigenvalue weighted by atomic mass is 9.85. The summed E-state index contributed by atoms with van der Waals surface area (Å²) in [4.78, 5) is 5.61. The number of aromatic nitrogens is 1. The molecule has 202 valence electrons.